The highest BCUT2D eigenvalue weighted by Gasteiger charge is 2.25. The zero-order valence-electron chi connectivity index (χ0n) is 16.2. The standard InChI is InChI=1S/C18H29N5O3.HI/c1-4-14(2)21-16(24)7-8-20-18(19-3)23-11-9-22(10-12-23)17(25)15-6-5-13-26-15;/h5-6,13-14H,4,7-12H2,1-3H3,(H,19,20)(H,21,24);1H. The molecule has 2 N–H and O–H groups in total. The molecule has 2 rings (SSSR count). The lowest BCUT2D eigenvalue weighted by Gasteiger charge is -2.36. The number of hydrogen-bond donors (Lipinski definition) is 2. The van der Waals surface area contributed by atoms with E-state index in [1.807, 2.05) is 13.8 Å². The Bertz CT molecular complexity index is 613. The fraction of sp³-hybridized carbons (Fsp3) is 0.611. The quantitative estimate of drug-likeness (QED) is 0.358. The Kier molecular flexibility index (Phi) is 10.2. The molecule has 8 nitrogen and oxygen atoms in total. The Balaban J connectivity index is 0.00000364. The molecule has 1 aromatic heterocycles. The molecule has 1 fully saturated rings. The summed E-state index contributed by atoms with van der Waals surface area (Å²) in [7, 11) is 1.72. The molecule has 9 heteroatoms. The van der Waals surface area contributed by atoms with Crippen molar-refractivity contribution in [1.82, 2.24) is 20.4 Å². The highest BCUT2D eigenvalue weighted by Crippen LogP contribution is 2.09. The van der Waals surface area contributed by atoms with Crippen LogP contribution in [0.5, 0.6) is 0 Å². The van der Waals surface area contributed by atoms with Gasteiger partial charge >= 0.3 is 0 Å². The van der Waals surface area contributed by atoms with Gasteiger partial charge in [0.15, 0.2) is 11.7 Å². The summed E-state index contributed by atoms with van der Waals surface area (Å²) in [6.07, 6.45) is 2.83. The van der Waals surface area contributed by atoms with Crippen molar-refractivity contribution < 1.29 is 14.0 Å². The van der Waals surface area contributed by atoms with Crippen LogP contribution >= 0.6 is 24.0 Å². The summed E-state index contributed by atoms with van der Waals surface area (Å²) in [6, 6.07) is 3.59. The van der Waals surface area contributed by atoms with E-state index in [9.17, 15) is 9.59 Å². The van der Waals surface area contributed by atoms with Gasteiger partial charge < -0.3 is 24.9 Å². The third kappa shape index (κ3) is 7.04. The summed E-state index contributed by atoms with van der Waals surface area (Å²) in [5, 5.41) is 6.17. The molecular weight excluding hydrogens is 461 g/mol. The van der Waals surface area contributed by atoms with E-state index in [-0.39, 0.29) is 41.8 Å². The molecule has 2 heterocycles. The molecule has 0 bridgehead atoms. The number of halogens is 1. The highest BCUT2D eigenvalue weighted by molar-refractivity contribution is 14.0. The average Bonchev–Trinajstić information content (AvgIpc) is 3.19. The molecule has 0 aromatic carbocycles. The van der Waals surface area contributed by atoms with Crippen LogP contribution in [0.2, 0.25) is 0 Å². The fourth-order valence-corrected chi connectivity index (χ4v) is 2.75. The smallest absolute Gasteiger partial charge is 0.289 e. The van der Waals surface area contributed by atoms with Crippen molar-refractivity contribution in [3.8, 4) is 0 Å². The van der Waals surface area contributed by atoms with Gasteiger partial charge in [-0.25, -0.2) is 0 Å². The summed E-state index contributed by atoms with van der Waals surface area (Å²) in [4.78, 5) is 32.3. The van der Waals surface area contributed by atoms with Crippen molar-refractivity contribution in [3.05, 3.63) is 24.2 Å². The van der Waals surface area contributed by atoms with E-state index >= 15 is 0 Å². The van der Waals surface area contributed by atoms with Crippen LogP contribution in [0, 0.1) is 0 Å². The maximum Gasteiger partial charge on any atom is 0.289 e. The first-order valence-corrected chi connectivity index (χ1v) is 9.12. The Morgan fingerprint density at radius 3 is 2.48 bits per heavy atom. The molecule has 1 unspecified atom stereocenters. The van der Waals surface area contributed by atoms with Crippen LogP contribution in [0.3, 0.4) is 0 Å². The van der Waals surface area contributed by atoms with Crippen molar-refractivity contribution >= 4 is 41.8 Å². The fourth-order valence-electron chi connectivity index (χ4n) is 2.75. The molecule has 1 saturated heterocycles. The van der Waals surface area contributed by atoms with Crippen molar-refractivity contribution in [2.24, 2.45) is 4.99 Å². The molecular formula is C18H30IN5O3. The lowest BCUT2D eigenvalue weighted by atomic mass is 10.2. The van der Waals surface area contributed by atoms with Crippen LogP contribution in [-0.4, -0.2) is 73.4 Å². The number of rotatable bonds is 6. The Morgan fingerprint density at radius 2 is 1.93 bits per heavy atom. The summed E-state index contributed by atoms with van der Waals surface area (Å²) >= 11 is 0. The van der Waals surface area contributed by atoms with Gasteiger partial charge in [-0.1, -0.05) is 6.92 Å². The SMILES string of the molecule is CCC(C)NC(=O)CCNC(=NC)N1CCN(C(=O)c2ccco2)CC1.I. The maximum absolute atomic E-state index is 12.3. The van der Waals surface area contributed by atoms with Gasteiger partial charge in [0, 0.05) is 52.2 Å². The second kappa shape index (κ2) is 11.8. The van der Waals surface area contributed by atoms with Crippen LogP contribution in [0.1, 0.15) is 37.2 Å². The monoisotopic (exact) mass is 491 g/mol. The van der Waals surface area contributed by atoms with Gasteiger partial charge in [-0.2, -0.15) is 0 Å². The van der Waals surface area contributed by atoms with Crippen LogP contribution in [0.4, 0.5) is 0 Å². The lowest BCUT2D eigenvalue weighted by Crippen LogP contribution is -2.54. The third-order valence-electron chi connectivity index (χ3n) is 4.47. The first-order valence-electron chi connectivity index (χ1n) is 9.12. The molecule has 0 radical (unpaired) electrons. The molecule has 27 heavy (non-hydrogen) atoms. The van der Waals surface area contributed by atoms with Crippen LogP contribution in [0.15, 0.2) is 27.8 Å². The predicted molar refractivity (Wildman–Crippen MR) is 115 cm³/mol. The zero-order chi connectivity index (χ0) is 18.9. The van der Waals surface area contributed by atoms with Crippen molar-refractivity contribution in [1.29, 1.82) is 0 Å². The first kappa shape index (κ1) is 23.3. The predicted octanol–water partition coefficient (Wildman–Crippen LogP) is 1.54. The molecule has 0 saturated carbocycles. The number of hydrogen-bond acceptors (Lipinski definition) is 4. The first-order chi connectivity index (χ1) is 12.5. The Hall–Kier alpha value is -1.78. The Morgan fingerprint density at radius 1 is 1.26 bits per heavy atom. The molecule has 2 amide bonds. The highest BCUT2D eigenvalue weighted by atomic mass is 127. The van der Waals surface area contributed by atoms with Crippen LogP contribution in [-0.2, 0) is 4.79 Å². The number of carbonyl (C=O) groups excluding carboxylic acids is 2. The van der Waals surface area contributed by atoms with E-state index in [0.717, 1.165) is 12.4 Å². The van der Waals surface area contributed by atoms with Gasteiger partial charge in [0.1, 0.15) is 0 Å². The van der Waals surface area contributed by atoms with Gasteiger partial charge in [-0.05, 0) is 25.5 Å². The van der Waals surface area contributed by atoms with E-state index in [4.69, 9.17) is 4.42 Å². The van der Waals surface area contributed by atoms with Gasteiger partial charge in [-0.3, -0.25) is 14.6 Å². The van der Waals surface area contributed by atoms with E-state index in [2.05, 4.69) is 20.5 Å². The second-order valence-corrected chi connectivity index (χ2v) is 6.36. The number of nitrogens with zero attached hydrogens (tertiary/aromatic N) is 3. The van der Waals surface area contributed by atoms with E-state index in [1.165, 1.54) is 6.26 Å². The maximum atomic E-state index is 12.3. The zero-order valence-corrected chi connectivity index (χ0v) is 18.6. The minimum Gasteiger partial charge on any atom is -0.459 e. The largest absolute Gasteiger partial charge is 0.459 e. The number of carbonyl (C=O) groups is 2. The van der Waals surface area contributed by atoms with Crippen molar-refractivity contribution in [2.75, 3.05) is 39.8 Å². The van der Waals surface area contributed by atoms with Crippen LogP contribution in [0.25, 0.3) is 0 Å². The third-order valence-corrected chi connectivity index (χ3v) is 4.47. The molecule has 0 spiro atoms. The molecule has 1 aliphatic heterocycles. The van der Waals surface area contributed by atoms with E-state index in [1.54, 1.807) is 24.1 Å². The molecule has 1 aliphatic rings. The van der Waals surface area contributed by atoms with Crippen molar-refractivity contribution in [3.63, 3.8) is 0 Å². The van der Waals surface area contributed by atoms with Gasteiger partial charge in [-0.15, -0.1) is 24.0 Å². The Labute approximate surface area is 177 Å². The number of guanidine groups is 1. The summed E-state index contributed by atoms with van der Waals surface area (Å²) < 4.78 is 5.18. The van der Waals surface area contributed by atoms with Crippen LogP contribution < -0.4 is 10.6 Å². The normalized spacial score (nSPS) is 15.7. The summed E-state index contributed by atoms with van der Waals surface area (Å²) in [5.41, 5.74) is 0. The summed E-state index contributed by atoms with van der Waals surface area (Å²) in [5.74, 6) is 1.08. The molecule has 1 atom stereocenters. The van der Waals surface area contributed by atoms with Gasteiger partial charge in [0.2, 0.25) is 5.91 Å². The molecule has 0 aliphatic carbocycles. The number of furan rings is 1. The molecule has 1 aromatic rings. The lowest BCUT2D eigenvalue weighted by molar-refractivity contribution is -0.121. The number of piperazine rings is 1. The minimum absolute atomic E-state index is 0. The van der Waals surface area contributed by atoms with E-state index < -0.39 is 0 Å². The molecule has 152 valence electrons. The topological polar surface area (TPSA) is 90.2 Å². The van der Waals surface area contributed by atoms with Crippen molar-refractivity contribution in [2.45, 2.75) is 32.7 Å². The average molecular weight is 491 g/mol. The number of amides is 2. The minimum atomic E-state index is -0.0840. The second-order valence-electron chi connectivity index (χ2n) is 6.36. The number of aliphatic imine (C=N–C) groups is 1. The number of nitrogens with one attached hydrogen (secondary N) is 2. The summed E-state index contributed by atoms with van der Waals surface area (Å²) in [6.45, 7) is 7.15. The van der Waals surface area contributed by atoms with Gasteiger partial charge in [0.05, 0.1) is 6.26 Å². The van der Waals surface area contributed by atoms with Gasteiger partial charge in [0.25, 0.3) is 5.91 Å². The van der Waals surface area contributed by atoms with E-state index in [0.29, 0.717) is 44.9 Å².